The van der Waals surface area contributed by atoms with Gasteiger partial charge < -0.3 is 18.7 Å². The molecule has 1 aromatic heterocycles. The summed E-state index contributed by atoms with van der Waals surface area (Å²) in [4.78, 5) is 12.2. The molecule has 0 saturated heterocycles. The fraction of sp³-hybridized carbons (Fsp3) is 0.412. The SMILES string of the molecule is COC(=O)c1ccc2cc(S(=O)(=O)C3[C@@H]4CC[C@H]3CC(OCc3c(-c5ccccc5OC(F)(F)F)noc3C3CC3)C4)ccc2c1. The summed E-state index contributed by atoms with van der Waals surface area (Å²) >= 11 is 0. The lowest BCUT2D eigenvalue weighted by Gasteiger charge is -2.35. The van der Waals surface area contributed by atoms with Crippen molar-refractivity contribution in [3.8, 4) is 17.0 Å². The Bertz CT molecular complexity index is 1890. The molecule has 3 fully saturated rings. The summed E-state index contributed by atoms with van der Waals surface area (Å²) in [6.45, 7) is 0.0881. The Morgan fingerprint density at radius 1 is 0.957 bits per heavy atom. The normalized spacial score (nSPS) is 23.0. The number of benzene rings is 3. The first-order valence-electron chi connectivity index (χ1n) is 15.3. The zero-order valence-electron chi connectivity index (χ0n) is 25.0. The summed E-state index contributed by atoms with van der Waals surface area (Å²) < 4.78 is 88.6. The predicted octanol–water partition coefficient (Wildman–Crippen LogP) is 7.61. The van der Waals surface area contributed by atoms with Crippen molar-refractivity contribution in [1.29, 1.82) is 0 Å². The molecule has 8 nitrogen and oxygen atoms in total. The molecule has 12 heteroatoms. The predicted molar refractivity (Wildman–Crippen MR) is 161 cm³/mol. The first kappa shape index (κ1) is 30.7. The fourth-order valence-corrected chi connectivity index (χ4v) is 9.65. The molecule has 4 aromatic rings. The fourth-order valence-electron chi connectivity index (χ4n) is 7.28. The highest BCUT2D eigenvalue weighted by molar-refractivity contribution is 7.92. The topological polar surface area (TPSA) is 105 Å². The summed E-state index contributed by atoms with van der Waals surface area (Å²) in [5, 5.41) is 5.09. The quantitative estimate of drug-likeness (QED) is 0.170. The van der Waals surface area contributed by atoms with Crippen LogP contribution in [0.2, 0.25) is 0 Å². The van der Waals surface area contributed by atoms with Crippen LogP contribution < -0.4 is 4.74 Å². The van der Waals surface area contributed by atoms with E-state index in [4.69, 9.17) is 14.0 Å². The average molecular weight is 656 g/mol. The molecule has 3 aliphatic carbocycles. The van der Waals surface area contributed by atoms with Crippen LogP contribution in [-0.4, -0.2) is 44.4 Å². The second kappa shape index (κ2) is 11.7. The van der Waals surface area contributed by atoms with E-state index in [0.717, 1.165) is 36.5 Å². The Morgan fingerprint density at radius 2 is 1.65 bits per heavy atom. The number of fused-ring (bicyclic) bond motifs is 3. The monoisotopic (exact) mass is 655 g/mol. The number of sulfone groups is 1. The Morgan fingerprint density at radius 3 is 2.35 bits per heavy atom. The summed E-state index contributed by atoms with van der Waals surface area (Å²) in [5.41, 5.74) is 1.43. The van der Waals surface area contributed by atoms with Gasteiger partial charge in [0.1, 0.15) is 17.2 Å². The van der Waals surface area contributed by atoms with Gasteiger partial charge in [0.25, 0.3) is 0 Å². The maximum absolute atomic E-state index is 14.0. The van der Waals surface area contributed by atoms with Crippen LogP contribution in [0, 0.1) is 11.8 Å². The molecule has 0 radical (unpaired) electrons. The molecule has 242 valence electrons. The third kappa shape index (κ3) is 5.88. The Labute approximate surface area is 263 Å². The summed E-state index contributed by atoms with van der Waals surface area (Å²) in [6.07, 6.45) is -0.610. The summed E-state index contributed by atoms with van der Waals surface area (Å²) in [5.74, 6) is -0.242. The van der Waals surface area contributed by atoms with Crippen molar-refractivity contribution >= 4 is 26.6 Å². The molecule has 3 saturated carbocycles. The van der Waals surface area contributed by atoms with Crippen LogP contribution in [0.5, 0.6) is 5.75 Å². The van der Waals surface area contributed by atoms with Gasteiger partial charge in [-0.1, -0.05) is 29.4 Å². The molecule has 2 unspecified atom stereocenters. The molecule has 0 spiro atoms. The molecule has 46 heavy (non-hydrogen) atoms. The second-order valence-electron chi connectivity index (χ2n) is 12.4. The number of hydrogen-bond donors (Lipinski definition) is 0. The third-order valence-corrected chi connectivity index (χ3v) is 11.9. The molecule has 3 aliphatic rings. The van der Waals surface area contributed by atoms with E-state index in [2.05, 4.69) is 9.89 Å². The third-order valence-electron chi connectivity index (χ3n) is 9.49. The number of nitrogens with zero attached hydrogens (tertiary/aromatic N) is 1. The number of esters is 1. The Hall–Kier alpha value is -3.90. The standard InChI is InChI=1S/C34H32F3NO7S/c1-42-33(39)24-11-8-21-17-26(13-12-20(21)14-24)46(40,41)32-22-9-10-23(32)16-25(15-22)43-18-28-30(38-45-31(28)19-6-7-19)27-4-2-3-5-29(27)44-34(35,36)37/h2-5,8,11-14,17,19,22-23,25,32H,6-7,9-10,15-16,18H2,1H3/t22-,23+,25?,32?. The molecule has 2 bridgehead atoms. The number of carbonyl (C=O) groups is 1. The van der Waals surface area contributed by atoms with Gasteiger partial charge in [-0.15, -0.1) is 13.2 Å². The van der Waals surface area contributed by atoms with Crippen LogP contribution in [0.25, 0.3) is 22.0 Å². The van der Waals surface area contributed by atoms with Crippen LogP contribution in [0.15, 0.2) is 70.1 Å². The Balaban J connectivity index is 1.09. The highest BCUT2D eigenvalue weighted by atomic mass is 32.2. The van der Waals surface area contributed by atoms with E-state index in [-0.39, 0.29) is 52.4 Å². The van der Waals surface area contributed by atoms with Crippen LogP contribution in [0.3, 0.4) is 0 Å². The molecule has 0 amide bonds. The molecule has 7 rings (SSSR count). The summed E-state index contributed by atoms with van der Waals surface area (Å²) in [6, 6.07) is 15.9. The number of hydrogen-bond acceptors (Lipinski definition) is 8. The van der Waals surface area contributed by atoms with Gasteiger partial charge in [0, 0.05) is 17.0 Å². The lowest BCUT2D eigenvalue weighted by atomic mass is 9.86. The van der Waals surface area contributed by atoms with E-state index in [9.17, 15) is 26.4 Å². The molecule has 0 N–H and O–H groups in total. The number of alkyl halides is 3. The van der Waals surface area contributed by atoms with Gasteiger partial charge in [0.15, 0.2) is 9.84 Å². The first-order chi connectivity index (χ1) is 22.0. The van der Waals surface area contributed by atoms with Gasteiger partial charge in [0.05, 0.1) is 35.5 Å². The Kier molecular flexibility index (Phi) is 7.83. The molecule has 3 aromatic carbocycles. The van der Waals surface area contributed by atoms with Gasteiger partial charge >= 0.3 is 12.3 Å². The minimum absolute atomic E-state index is 0.0862. The van der Waals surface area contributed by atoms with Gasteiger partial charge in [-0.05, 0) is 97.5 Å². The average Bonchev–Trinajstić information content (AvgIpc) is 3.73. The number of aromatic nitrogens is 1. The minimum Gasteiger partial charge on any atom is -0.465 e. The van der Waals surface area contributed by atoms with E-state index >= 15 is 0 Å². The van der Waals surface area contributed by atoms with E-state index < -0.39 is 27.4 Å². The van der Waals surface area contributed by atoms with Crippen LogP contribution in [0.4, 0.5) is 13.2 Å². The van der Waals surface area contributed by atoms with Crippen molar-refractivity contribution in [3.63, 3.8) is 0 Å². The molecular weight excluding hydrogens is 623 g/mol. The number of ether oxygens (including phenoxy) is 3. The van der Waals surface area contributed by atoms with E-state index in [1.165, 1.54) is 25.3 Å². The zero-order valence-corrected chi connectivity index (χ0v) is 25.8. The molecule has 1 heterocycles. The van der Waals surface area contributed by atoms with Crippen LogP contribution >= 0.6 is 0 Å². The van der Waals surface area contributed by atoms with Gasteiger partial charge in [-0.3, -0.25) is 0 Å². The van der Waals surface area contributed by atoms with Gasteiger partial charge in [0.2, 0.25) is 0 Å². The zero-order chi connectivity index (χ0) is 32.2. The van der Waals surface area contributed by atoms with Crippen molar-refractivity contribution in [3.05, 3.63) is 77.6 Å². The largest absolute Gasteiger partial charge is 0.573 e. The number of methoxy groups -OCH3 is 1. The molecule has 4 atom stereocenters. The molecule has 0 aliphatic heterocycles. The maximum atomic E-state index is 14.0. The minimum atomic E-state index is -4.87. The van der Waals surface area contributed by atoms with Crippen LogP contribution in [-0.2, 0) is 25.9 Å². The lowest BCUT2D eigenvalue weighted by Crippen LogP contribution is -2.40. The van der Waals surface area contributed by atoms with Crippen molar-refractivity contribution in [2.75, 3.05) is 7.11 Å². The van der Waals surface area contributed by atoms with Gasteiger partial charge in [-0.25, -0.2) is 13.2 Å². The second-order valence-corrected chi connectivity index (χ2v) is 14.5. The number of carbonyl (C=O) groups excluding carboxylic acids is 1. The van der Waals surface area contributed by atoms with Crippen molar-refractivity contribution in [2.24, 2.45) is 11.8 Å². The van der Waals surface area contributed by atoms with E-state index in [1.54, 1.807) is 42.5 Å². The highest BCUT2D eigenvalue weighted by Crippen LogP contribution is 2.50. The number of halogens is 3. The number of para-hydroxylation sites is 1. The van der Waals surface area contributed by atoms with Crippen molar-refractivity contribution in [1.82, 2.24) is 5.16 Å². The molecular formula is C34H32F3NO7S. The van der Waals surface area contributed by atoms with E-state index in [1.807, 2.05) is 0 Å². The van der Waals surface area contributed by atoms with Crippen LogP contribution in [0.1, 0.15) is 66.1 Å². The van der Waals surface area contributed by atoms with Crippen molar-refractivity contribution < 1.29 is 45.1 Å². The van der Waals surface area contributed by atoms with E-state index in [0.29, 0.717) is 29.7 Å². The highest BCUT2D eigenvalue weighted by Gasteiger charge is 2.50. The summed E-state index contributed by atoms with van der Waals surface area (Å²) in [7, 11) is -2.34. The number of rotatable bonds is 9. The first-order valence-corrected chi connectivity index (χ1v) is 16.9. The smallest absolute Gasteiger partial charge is 0.465 e. The lowest BCUT2D eigenvalue weighted by molar-refractivity contribution is -0.274. The van der Waals surface area contributed by atoms with Crippen molar-refractivity contribution in [2.45, 2.75) is 73.7 Å². The van der Waals surface area contributed by atoms with Gasteiger partial charge in [-0.2, -0.15) is 0 Å². The maximum Gasteiger partial charge on any atom is 0.573 e.